The van der Waals surface area contributed by atoms with Crippen molar-refractivity contribution in [3.8, 4) is 0 Å². The number of nitrogens with zero attached hydrogens (tertiary/aromatic N) is 2. The predicted molar refractivity (Wildman–Crippen MR) is 91.0 cm³/mol. The van der Waals surface area contributed by atoms with E-state index in [1.54, 1.807) is 13.2 Å². The summed E-state index contributed by atoms with van der Waals surface area (Å²) in [4.78, 5) is 21.0. The van der Waals surface area contributed by atoms with Crippen molar-refractivity contribution < 1.29 is 9.53 Å². The third-order valence-corrected chi connectivity index (χ3v) is 3.32. The van der Waals surface area contributed by atoms with E-state index in [9.17, 15) is 4.79 Å². The van der Waals surface area contributed by atoms with Gasteiger partial charge in [0.1, 0.15) is 5.69 Å². The van der Waals surface area contributed by atoms with Crippen LogP contribution in [0.3, 0.4) is 0 Å². The van der Waals surface area contributed by atoms with Crippen molar-refractivity contribution in [1.82, 2.24) is 9.97 Å². The number of anilines is 2. The Kier molecular flexibility index (Phi) is 5.65. The van der Waals surface area contributed by atoms with Crippen LogP contribution in [0.15, 0.2) is 24.3 Å². The number of methoxy groups -OCH3 is 1. The summed E-state index contributed by atoms with van der Waals surface area (Å²) >= 11 is 0. The lowest BCUT2D eigenvalue weighted by atomic mass is 10.1. The normalized spacial score (nSPS) is 10.4. The summed E-state index contributed by atoms with van der Waals surface area (Å²) in [6, 6.07) is 7.60. The Morgan fingerprint density at radius 3 is 2.70 bits per heavy atom. The van der Waals surface area contributed by atoms with Crippen LogP contribution in [0, 0.1) is 20.8 Å². The Morgan fingerprint density at radius 1 is 1.17 bits per heavy atom. The molecule has 0 spiro atoms. The van der Waals surface area contributed by atoms with Gasteiger partial charge in [-0.2, -0.15) is 0 Å². The molecular formula is C17H22N4O2. The lowest BCUT2D eigenvalue weighted by molar-refractivity contribution is 0.102. The molecule has 2 aromatic rings. The van der Waals surface area contributed by atoms with E-state index >= 15 is 0 Å². The zero-order valence-corrected chi connectivity index (χ0v) is 13.9. The Labute approximate surface area is 136 Å². The zero-order valence-electron chi connectivity index (χ0n) is 13.9. The van der Waals surface area contributed by atoms with Gasteiger partial charge in [0, 0.05) is 25.0 Å². The van der Waals surface area contributed by atoms with E-state index in [1.165, 1.54) is 0 Å². The number of aryl methyl sites for hydroxylation is 3. The maximum absolute atomic E-state index is 12.5. The van der Waals surface area contributed by atoms with E-state index in [0.717, 1.165) is 22.5 Å². The minimum absolute atomic E-state index is 0.251. The van der Waals surface area contributed by atoms with Gasteiger partial charge < -0.3 is 15.4 Å². The van der Waals surface area contributed by atoms with Crippen LogP contribution in [-0.2, 0) is 4.74 Å². The molecule has 23 heavy (non-hydrogen) atoms. The summed E-state index contributed by atoms with van der Waals surface area (Å²) in [5, 5.41) is 5.95. The van der Waals surface area contributed by atoms with Crippen molar-refractivity contribution in [2.24, 2.45) is 0 Å². The van der Waals surface area contributed by atoms with Crippen LogP contribution in [0.5, 0.6) is 0 Å². The third-order valence-electron chi connectivity index (χ3n) is 3.32. The predicted octanol–water partition coefficient (Wildman–Crippen LogP) is 2.71. The molecule has 2 rings (SSSR count). The van der Waals surface area contributed by atoms with Crippen LogP contribution in [0.2, 0.25) is 0 Å². The minimum Gasteiger partial charge on any atom is -0.383 e. The van der Waals surface area contributed by atoms with Crippen LogP contribution >= 0.6 is 0 Å². The second-order valence-corrected chi connectivity index (χ2v) is 5.41. The fourth-order valence-corrected chi connectivity index (χ4v) is 2.09. The van der Waals surface area contributed by atoms with E-state index in [4.69, 9.17) is 4.74 Å². The molecule has 0 saturated carbocycles. The standard InChI is InChI=1S/C17H22N4O2/c1-11-5-6-12(2)14(9-11)20-16(22)15-10-13(3)19-17(21-15)18-7-8-23-4/h5-6,9-10H,7-8H2,1-4H3,(H,20,22)(H,18,19,21). The van der Waals surface area contributed by atoms with Gasteiger partial charge in [-0.05, 0) is 44.0 Å². The van der Waals surface area contributed by atoms with Crippen LogP contribution in [0.1, 0.15) is 27.3 Å². The highest BCUT2D eigenvalue weighted by Gasteiger charge is 2.12. The molecule has 6 nitrogen and oxygen atoms in total. The molecular weight excluding hydrogens is 292 g/mol. The number of amides is 1. The largest absolute Gasteiger partial charge is 0.383 e. The summed E-state index contributed by atoms with van der Waals surface area (Å²) in [7, 11) is 1.63. The Balaban J connectivity index is 2.16. The summed E-state index contributed by atoms with van der Waals surface area (Å²) in [6.07, 6.45) is 0. The van der Waals surface area contributed by atoms with Crippen molar-refractivity contribution in [2.75, 3.05) is 30.9 Å². The summed E-state index contributed by atoms with van der Waals surface area (Å²) in [6.45, 7) is 6.90. The molecule has 1 amide bonds. The summed E-state index contributed by atoms with van der Waals surface area (Å²) < 4.78 is 4.98. The number of aromatic nitrogens is 2. The summed E-state index contributed by atoms with van der Waals surface area (Å²) in [5.74, 6) is 0.173. The molecule has 0 aliphatic carbocycles. The number of hydrogen-bond donors (Lipinski definition) is 2. The topological polar surface area (TPSA) is 76.1 Å². The monoisotopic (exact) mass is 314 g/mol. The number of rotatable bonds is 6. The molecule has 6 heteroatoms. The second-order valence-electron chi connectivity index (χ2n) is 5.41. The van der Waals surface area contributed by atoms with E-state index in [2.05, 4.69) is 20.6 Å². The van der Waals surface area contributed by atoms with Crippen LogP contribution < -0.4 is 10.6 Å². The van der Waals surface area contributed by atoms with E-state index in [0.29, 0.717) is 24.8 Å². The minimum atomic E-state index is -0.251. The molecule has 122 valence electrons. The quantitative estimate of drug-likeness (QED) is 0.802. The zero-order chi connectivity index (χ0) is 16.8. The van der Waals surface area contributed by atoms with Gasteiger partial charge in [0.25, 0.3) is 5.91 Å². The fraction of sp³-hybridized carbons (Fsp3) is 0.353. The van der Waals surface area contributed by atoms with Crippen molar-refractivity contribution in [3.05, 3.63) is 46.8 Å². The third kappa shape index (κ3) is 4.75. The van der Waals surface area contributed by atoms with Crippen LogP contribution in [0.25, 0.3) is 0 Å². The molecule has 1 aromatic carbocycles. The Bertz CT molecular complexity index is 701. The molecule has 1 heterocycles. The van der Waals surface area contributed by atoms with Crippen LogP contribution in [0.4, 0.5) is 11.6 Å². The molecule has 0 radical (unpaired) electrons. The van der Waals surface area contributed by atoms with Gasteiger partial charge in [-0.1, -0.05) is 12.1 Å². The smallest absolute Gasteiger partial charge is 0.274 e. The first kappa shape index (κ1) is 16.9. The molecule has 0 bridgehead atoms. The summed E-state index contributed by atoms with van der Waals surface area (Å²) in [5.41, 5.74) is 3.95. The first-order valence-corrected chi connectivity index (χ1v) is 7.46. The lowest BCUT2D eigenvalue weighted by Crippen LogP contribution is -2.17. The molecule has 2 N–H and O–H groups in total. The molecule has 0 saturated heterocycles. The average molecular weight is 314 g/mol. The van der Waals surface area contributed by atoms with Gasteiger partial charge in [0.15, 0.2) is 0 Å². The van der Waals surface area contributed by atoms with Crippen LogP contribution in [-0.4, -0.2) is 36.1 Å². The average Bonchev–Trinajstić information content (AvgIpc) is 2.50. The van der Waals surface area contributed by atoms with Crippen molar-refractivity contribution in [2.45, 2.75) is 20.8 Å². The Hall–Kier alpha value is -2.47. The van der Waals surface area contributed by atoms with Gasteiger partial charge >= 0.3 is 0 Å². The van der Waals surface area contributed by atoms with Gasteiger partial charge in [-0.3, -0.25) is 4.79 Å². The number of ether oxygens (including phenoxy) is 1. The lowest BCUT2D eigenvalue weighted by Gasteiger charge is -2.11. The fourth-order valence-electron chi connectivity index (χ4n) is 2.09. The molecule has 1 aromatic heterocycles. The highest BCUT2D eigenvalue weighted by molar-refractivity contribution is 6.03. The second kappa shape index (κ2) is 7.69. The van der Waals surface area contributed by atoms with E-state index in [1.807, 2.05) is 39.0 Å². The van der Waals surface area contributed by atoms with Gasteiger partial charge in [0.2, 0.25) is 5.95 Å². The number of hydrogen-bond acceptors (Lipinski definition) is 5. The van der Waals surface area contributed by atoms with Crippen molar-refractivity contribution in [1.29, 1.82) is 0 Å². The first-order valence-electron chi connectivity index (χ1n) is 7.46. The number of nitrogens with one attached hydrogen (secondary N) is 2. The number of carbonyl (C=O) groups excluding carboxylic acids is 1. The van der Waals surface area contributed by atoms with Gasteiger partial charge in [0.05, 0.1) is 6.61 Å². The molecule has 0 atom stereocenters. The highest BCUT2D eigenvalue weighted by Crippen LogP contribution is 2.17. The van der Waals surface area contributed by atoms with Crippen molar-refractivity contribution >= 4 is 17.5 Å². The maximum atomic E-state index is 12.5. The van der Waals surface area contributed by atoms with E-state index in [-0.39, 0.29) is 5.91 Å². The number of carbonyl (C=O) groups is 1. The van der Waals surface area contributed by atoms with Gasteiger partial charge in [-0.25, -0.2) is 9.97 Å². The van der Waals surface area contributed by atoms with E-state index < -0.39 is 0 Å². The Morgan fingerprint density at radius 2 is 1.96 bits per heavy atom. The van der Waals surface area contributed by atoms with Crippen molar-refractivity contribution in [3.63, 3.8) is 0 Å². The molecule has 0 aliphatic rings. The van der Waals surface area contributed by atoms with Gasteiger partial charge in [-0.15, -0.1) is 0 Å². The first-order chi connectivity index (χ1) is 11.0. The molecule has 0 aliphatic heterocycles. The number of benzene rings is 1. The molecule has 0 fully saturated rings. The maximum Gasteiger partial charge on any atom is 0.274 e. The SMILES string of the molecule is COCCNc1nc(C)cc(C(=O)Nc2cc(C)ccc2C)n1. The highest BCUT2D eigenvalue weighted by atomic mass is 16.5. The molecule has 0 unspecified atom stereocenters.